The summed E-state index contributed by atoms with van der Waals surface area (Å²) >= 11 is 0. The monoisotopic (exact) mass is 213 g/mol. The largest absolute Gasteiger partial charge is 0.352 e. The molecule has 4 heteroatoms. The zero-order valence-corrected chi connectivity index (χ0v) is 10.0. The minimum Gasteiger partial charge on any atom is -0.352 e. The Morgan fingerprint density at radius 1 is 1.47 bits per heavy atom. The molecule has 0 saturated heterocycles. The molecule has 1 fully saturated rings. The molecule has 0 aromatic heterocycles. The van der Waals surface area contributed by atoms with E-state index in [1.54, 1.807) is 0 Å². The Hall–Kier alpha value is -0.610. The van der Waals surface area contributed by atoms with E-state index in [9.17, 15) is 4.79 Å². The van der Waals surface area contributed by atoms with E-state index >= 15 is 0 Å². The molecule has 4 nitrogen and oxygen atoms in total. The second-order valence-corrected chi connectivity index (χ2v) is 4.72. The van der Waals surface area contributed by atoms with Gasteiger partial charge in [0, 0.05) is 12.1 Å². The number of hydrogen-bond donors (Lipinski definition) is 2. The van der Waals surface area contributed by atoms with Gasteiger partial charge in [0.25, 0.3) is 0 Å². The molecule has 1 unspecified atom stereocenters. The molecule has 2 N–H and O–H groups in total. The number of carbonyl (C=O) groups excluding carboxylic acids is 1. The Kier molecular flexibility index (Phi) is 5.05. The maximum absolute atomic E-state index is 11.4. The molecule has 1 saturated carbocycles. The highest BCUT2D eigenvalue weighted by atomic mass is 16.1. The maximum Gasteiger partial charge on any atom is 0.234 e. The third kappa shape index (κ3) is 6.47. The Morgan fingerprint density at radius 3 is 2.67 bits per heavy atom. The van der Waals surface area contributed by atoms with Crippen LogP contribution in [0, 0.1) is 0 Å². The van der Waals surface area contributed by atoms with Crippen molar-refractivity contribution in [3.05, 3.63) is 0 Å². The van der Waals surface area contributed by atoms with Crippen LogP contribution in [0.2, 0.25) is 0 Å². The van der Waals surface area contributed by atoms with E-state index < -0.39 is 0 Å². The minimum absolute atomic E-state index is 0.119. The van der Waals surface area contributed by atoms with Crippen LogP contribution < -0.4 is 10.6 Å². The lowest BCUT2D eigenvalue weighted by Gasteiger charge is -2.16. The average molecular weight is 213 g/mol. The maximum atomic E-state index is 11.4. The topological polar surface area (TPSA) is 44.4 Å². The molecule has 0 radical (unpaired) electrons. The molecule has 0 aliphatic heterocycles. The van der Waals surface area contributed by atoms with E-state index in [1.165, 1.54) is 12.8 Å². The Bertz CT molecular complexity index is 202. The van der Waals surface area contributed by atoms with Crippen molar-refractivity contribution < 1.29 is 4.79 Å². The summed E-state index contributed by atoms with van der Waals surface area (Å²) in [5, 5.41) is 6.19. The van der Waals surface area contributed by atoms with E-state index in [2.05, 4.69) is 22.5 Å². The van der Waals surface area contributed by atoms with Crippen LogP contribution in [-0.4, -0.2) is 50.1 Å². The van der Waals surface area contributed by atoms with Crippen molar-refractivity contribution in [2.45, 2.75) is 38.3 Å². The first-order chi connectivity index (χ1) is 7.08. The van der Waals surface area contributed by atoms with Gasteiger partial charge in [-0.2, -0.15) is 0 Å². The Labute approximate surface area is 92.4 Å². The third-order valence-electron chi connectivity index (χ3n) is 2.55. The van der Waals surface area contributed by atoms with Gasteiger partial charge in [0.15, 0.2) is 0 Å². The second kappa shape index (κ2) is 6.08. The number of amides is 1. The molecular formula is C11H23N3O. The number of carbonyl (C=O) groups is 1. The van der Waals surface area contributed by atoms with Crippen molar-refractivity contribution in [1.82, 2.24) is 15.5 Å². The van der Waals surface area contributed by atoms with Crippen LogP contribution in [0.5, 0.6) is 0 Å². The summed E-state index contributed by atoms with van der Waals surface area (Å²) in [5.41, 5.74) is 0. The predicted octanol–water partition coefficient (Wildman–Crippen LogP) is 0.195. The van der Waals surface area contributed by atoms with Crippen LogP contribution >= 0.6 is 0 Å². The van der Waals surface area contributed by atoms with Crippen LogP contribution in [0.4, 0.5) is 0 Å². The fraction of sp³-hybridized carbons (Fsp3) is 0.909. The first-order valence-corrected chi connectivity index (χ1v) is 5.75. The normalized spacial score (nSPS) is 17.9. The third-order valence-corrected chi connectivity index (χ3v) is 2.55. The molecule has 1 amide bonds. The van der Waals surface area contributed by atoms with Crippen LogP contribution in [0.25, 0.3) is 0 Å². The molecule has 0 heterocycles. The van der Waals surface area contributed by atoms with Gasteiger partial charge in [-0.3, -0.25) is 4.79 Å². The molecule has 0 aromatic rings. The first-order valence-electron chi connectivity index (χ1n) is 5.75. The van der Waals surface area contributed by atoms with Crippen molar-refractivity contribution in [3.8, 4) is 0 Å². The molecule has 1 rings (SSSR count). The standard InChI is InChI=1S/C11H23N3O/c1-9(6-7-14(2)3)13-11(15)8-12-10-4-5-10/h9-10,12H,4-8H2,1-3H3,(H,13,15). The number of nitrogens with zero attached hydrogens (tertiary/aromatic N) is 1. The highest BCUT2D eigenvalue weighted by Crippen LogP contribution is 2.17. The van der Waals surface area contributed by atoms with Crippen molar-refractivity contribution in [2.24, 2.45) is 0 Å². The van der Waals surface area contributed by atoms with Gasteiger partial charge in [0.1, 0.15) is 0 Å². The van der Waals surface area contributed by atoms with Crippen molar-refractivity contribution >= 4 is 5.91 Å². The minimum atomic E-state index is 0.119. The molecule has 0 spiro atoms. The van der Waals surface area contributed by atoms with Gasteiger partial charge in [0.2, 0.25) is 5.91 Å². The van der Waals surface area contributed by atoms with Gasteiger partial charge in [-0.25, -0.2) is 0 Å². The summed E-state index contributed by atoms with van der Waals surface area (Å²) in [6.07, 6.45) is 3.45. The zero-order valence-electron chi connectivity index (χ0n) is 10.0. The van der Waals surface area contributed by atoms with Crippen molar-refractivity contribution in [1.29, 1.82) is 0 Å². The molecule has 0 aromatic carbocycles. The Morgan fingerprint density at radius 2 is 2.13 bits per heavy atom. The van der Waals surface area contributed by atoms with Crippen LogP contribution in [0.3, 0.4) is 0 Å². The lowest BCUT2D eigenvalue weighted by Crippen LogP contribution is -2.40. The summed E-state index contributed by atoms with van der Waals surface area (Å²) in [4.78, 5) is 13.6. The van der Waals surface area contributed by atoms with Gasteiger partial charge in [-0.05, 0) is 46.8 Å². The van der Waals surface area contributed by atoms with Crippen LogP contribution in [0.15, 0.2) is 0 Å². The Balaban J connectivity index is 2.01. The summed E-state index contributed by atoms with van der Waals surface area (Å²) in [6, 6.07) is 0.869. The fourth-order valence-electron chi connectivity index (χ4n) is 1.37. The molecular weight excluding hydrogens is 190 g/mol. The molecule has 88 valence electrons. The summed E-state index contributed by atoms with van der Waals surface area (Å²) < 4.78 is 0. The SMILES string of the molecule is CC(CCN(C)C)NC(=O)CNC1CC1. The lowest BCUT2D eigenvalue weighted by molar-refractivity contribution is -0.120. The number of rotatable bonds is 7. The van der Waals surface area contributed by atoms with Gasteiger partial charge < -0.3 is 15.5 Å². The highest BCUT2D eigenvalue weighted by Gasteiger charge is 2.21. The van der Waals surface area contributed by atoms with Gasteiger partial charge in [0.05, 0.1) is 6.54 Å². The van der Waals surface area contributed by atoms with E-state index in [0.29, 0.717) is 12.6 Å². The van der Waals surface area contributed by atoms with Crippen LogP contribution in [-0.2, 0) is 4.79 Å². The quantitative estimate of drug-likeness (QED) is 0.635. The summed E-state index contributed by atoms with van der Waals surface area (Å²) in [5.74, 6) is 0.119. The molecule has 1 atom stereocenters. The smallest absolute Gasteiger partial charge is 0.234 e. The molecule has 15 heavy (non-hydrogen) atoms. The zero-order chi connectivity index (χ0) is 11.3. The lowest BCUT2D eigenvalue weighted by atomic mass is 10.2. The van der Waals surface area contributed by atoms with Gasteiger partial charge in [-0.1, -0.05) is 0 Å². The molecule has 1 aliphatic carbocycles. The highest BCUT2D eigenvalue weighted by molar-refractivity contribution is 5.78. The van der Waals surface area contributed by atoms with Crippen molar-refractivity contribution in [2.75, 3.05) is 27.2 Å². The summed E-state index contributed by atoms with van der Waals surface area (Å²) in [7, 11) is 4.09. The second-order valence-electron chi connectivity index (χ2n) is 4.72. The summed E-state index contributed by atoms with van der Waals surface area (Å²) in [6.45, 7) is 3.53. The van der Waals surface area contributed by atoms with E-state index in [-0.39, 0.29) is 11.9 Å². The molecule has 1 aliphatic rings. The van der Waals surface area contributed by atoms with E-state index in [0.717, 1.165) is 13.0 Å². The number of nitrogens with one attached hydrogen (secondary N) is 2. The fourth-order valence-corrected chi connectivity index (χ4v) is 1.37. The number of hydrogen-bond acceptors (Lipinski definition) is 3. The first kappa shape index (κ1) is 12.5. The molecule has 0 bridgehead atoms. The van der Waals surface area contributed by atoms with Crippen LogP contribution in [0.1, 0.15) is 26.2 Å². The van der Waals surface area contributed by atoms with E-state index in [1.807, 2.05) is 14.1 Å². The van der Waals surface area contributed by atoms with Gasteiger partial charge >= 0.3 is 0 Å². The average Bonchev–Trinajstić information content (AvgIpc) is 2.95. The van der Waals surface area contributed by atoms with Crippen molar-refractivity contribution in [3.63, 3.8) is 0 Å². The predicted molar refractivity (Wildman–Crippen MR) is 61.8 cm³/mol. The van der Waals surface area contributed by atoms with Gasteiger partial charge in [-0.15, -0.1) is 0 Å². The van der Waals surface area contributed by atoms with E-state index in [4.69, 9.17) is 0 Å².